The monoisotopic (exact) mass is 368 g/mol. The standard InChI is InChI=1S/C15H17BrN2O2S/c1-10-6-14(17)7-11(2)15(10)21(19,20)18-9-12-4-3-5-13(16)8-12/h3-8,18H,9,17H2,1-2H3. The summed E-state index contributed by atoms with van der Waals surface area (Å²) in [7, 11) is -3.57. The number of benzene rings is 2. The Labute approximate surface area is 133 Å². The summed E-state index contributed by atoms with van der Waals surface area (Å²) in [6.45, 7) is 3.74. The molecule has 2 aromatic rings. The van der Waals surface area contributed by atoms with E-state index in [0.717, 1.165) is 10.0 Å². The van der Waals surface area contributed by atoms with Crippen LogP contribution in [-0.4, -0.2) is 8.42 Å². The molecule has 3 N–H and O–H groups in total. The average molecular weight is 369 g/mol. The van der Waals surface area contributed by atoms with Crippen LogP contribution < -0.4 is 10.5 Å². The van der Waals surface area contributed by atoms with Crippen molar-refractivity contribution in [3.63, 3.8) is 0 Å². The van der Waals surface area contributed by atoms with Crippen LogP contribution in [0.2, 0.25) is 0 Å². The lowest BCUT2D eigenvalue weighted by atomic mass is 10.1. The fraction of sp³-hybridized carbons (Fsp3) is 0.200. The predicted molar refractivity (Wildman–Crippen MR) is 88.5 cm³/mol. The summed E-state index contributed by atoms with van der Waals surface area (Å²) >= 11 is 3.37. The molecule has 2 aromatic carbocycles. The summed E-state index contributed by atoms with van der Waals surface area (Å²) in [4.78, 5) is 0.298. The minimum absolute atomic E-state index is 0.241. The first-order chi connectivity index (χ1) is 9.79. The van der Waals surface area contributed by atoms with Gasteiger partial charge in [-0.15, -0.1) is 0 Å². The zero-order valence-corrected chi connectivity index (χ0v) is 14.3. The van der Waals surface area contributed by atoms with E-state index in [9.17, 15) is 8.42 Å². The van der Waals surface area contributed by atoms with Gasteiger partial charge in [-0.3, -0.25) is 0 Å². The Kier molecular flexibility index (Phi) is 4.70. The summed E-state index contributed by atoms with van der Waals surface area (Å²) in [6.07, 6.45) is 0. The van der Waals surface area contributed by atoms with Gasteiger partial charge in [-0.1, -0.05) is 28.1 Å². The Morgan fingerprint density at radius 3 is 2.33 bits per heavy atom. The maximum atomic E-state index is 12.5. The predicted octanol–water partition coefficient (Wildman–Crippen LogP) is 3.13. The Morgan fingerprint density at radius 2 is 1.76 bits per heavy atom. The second kappa shape index (κ2) is 6.17. The second-order valence-electron chi connectivity index (χ2n) is 4.94. The molecule has 0 aliphatic carbocycles. The molecule has 2 rings (SSSR count). The number of aryl methyl sites for hydroxylation is 2. The summed E-state index contributed by atoms with van der Waals surface area (Å²) in [5.74, 6) is 0. The topological polar surface area (TPSA) is 72.2 Å². The minimum Gasteiger partial charge on any atom is -0.399 e. The van der Waals surface area contributed by atoms with Gasteiger partial charge in [0.05, 0.1) is 4.90 Å². The zero-order valence-electron chi connectivity index (χ0n) is 11.9. The molecule has 0 saturated carbocycles. The molecule has 0 aliphatic rings. The number of nitrogens with two attached hydrogens (primary N) is 1. The number of anilines is 1. The van der Waals surface area contributed by atoms with Gasteiger partial charge < -0.3 is 5.73 Å². The van der Waals surface area contributed by atoms with E-state index in [2.05, 4.69) is 20.7 Å². The summed E-state index contributed by atoms with van der Waals surface area (Å²) < 4.78 is 28.5. The number of hydrogen-bond donors (Lipinski definition) is 2. The Bertz CT molecular complexity index is 750. The molecule has 0 heterocycles. The smallest absolute Gasteiger partial charge is 0.241 e. The fourth-order valence-corrected chi connectivity index (χ4v) is 4.22. The van der Waals surface area contributed by atoms with Gasteiger partial charge in [0.25, 0.3) is 0 Å². The van der Waals surface area contributed by atoms with Crippen LogP contribution in [0.25, 0.3) is 0 Å². The molecule has 0 aromatic heterocycles. The average Bonchev–Trinajstić information content (AvgIpc) is 2.35. The van der Waals surface area contributed by atoms with Gasteiger partial charge in [0.15, 0.2) is 0 Å². The number of nitrogen functional groups attached to an aromatic ring is 1. The third-order valence-electron chi connectivity index (χ3n) is 3.11. The quantitative estimate of drug-likeness (QED) is 0.814. The van der Waals surface area contributed by atoms with Gasteiger partial charge in [-0.05, 0) is 54.8 Å². The highest BCUT2D eigenvalue weighted by Gasteiger charge is 2.19. The molecule has 0 unspecified atom stereocenters. The van der Waals surface area contributed by atoms with Gasteiger partial charge in [-0.2, -0.15) is 0 Å². The van der Waals surface area contributed by atoms with E-state index in [1.165, 1.54) is 0 Å². The van der Waals surface area contributed by atoms with Gasteiger partial charge >= 0.3 is 0 Å². The van der Waals surface area contributed by atoms with E-state index in [1.807, 2.05) is 24.3 Å². The number of nitrogens with one attached hydrogen (secondary N) is 1. The first-order valence-electron chi connectivity index (χ1n) is 6.40. The summed E-state index contributed by atoms with van der Waals surface area (Å²) in [5, 5.41) is 0. The van der Waals surface area contributed by atoms with Gasteiger partial charge in [0, 0.05) is 16.7 Å². The Balaban J connectivity index is 2.27. The first kappa shape index (κ1) is 16.0. The summed E-state index contributed by atoms with van der Waals surface area (Å²) in [6, 6.07) is 10.8. The molecule has 4 nitrogen and oxygen atoms in total. The van der Waals surface area contributed by atoms with E-state index in [0.29, 0.717) is 21.7 Å². The highest BCUT2D eigenvalue weighted by atomic mass is 79.9. The van der Waals surface area contributed by atoms with Crippen molar-refractivity contribution in [2.45, 2.75) is 25.3 Å². The van der Waals surface area contributed by atoms with Crippen molar-refractivity contribution in [1.82, 2.24) is 4.72 Å². The van der Waals surface area contributed by atoms with Crippen molar-refractivity contribution < 1.29 is 8.42 Å². The second-order valence-corrected chi connectivity index (χ2v) is 7.56. The lowest BCUT2D eigenvalue weighted by Gasteiger charge is -2.13. The van der Waals surface area contributed by atoms with Crippen molar-refractivity contribution >= 4 is 31.6 Å². The molecule has 6 heteroatoms. The van der Waals surface area contributed by atoms with Crippen LogP contribution in [0, 0.1) is 13.8 Å². The molecule has 0 spiro atoms. The third-order valence-corrected chi connectivity index (χ3v) is 5.31. The molecule has 21 heavy (non-hydrogen) atoms. The molecular formula is C15H17BrN2O2S. The lowest BCUT2D eigenvalue weighted by molar-refractivity contribution is 0.580. The highest BCUT2D eigenvalue weighted by Crippen LogP contribution is 2.23. The molecule has 112 valence electrons. The van der Waals surface area contributed by atoms with Crippen molar-refractivity contribution in [2.24, 2.45) is 0 Å². The maximum Gasteiger partial charge on any atom is 0.241 e. The fourth-order valence-electron chi connectivity index (χ4n) is 2.31. The van der Waals surface area contributed by atoms with Crippen molar-refractivity contribution in [1.29, 1.82) is 0 Å². The molecule has 0 radical (unpaired) electrons. The molecular weight excluding hydrogens is 352 g/mol. The van der Waals surface area contributed by atoms with Crippen LogP contribution in [0.1, 0.15) is 16.7 Å². The van der Waals surface area contributed by atoms with Crippen LogP contribution in [0.3, 0.4) is 0 Å². The minimum atomic E-state index is -3.57. The van der Waals surface area contributed by atoms with E-state index >= 15 is 0 Å². The molecule has 0 fully saturated rings. The molecule has 0 amide bonds. The van der Waals surface area contributed by atoms with Crippen molar-refractivity contribution in [3.05, 3.63) is 57.6 Å². The van der Waals surface area contributed by atoms with E-state index in [-0.39, 0.29) is 6.54 Å². The largest absolute Gasteiger partial charge is 0.399 e. The van der Waals surface area contributed by atoms with Gasteiger partial charge in [0.2, 0.25) is 10.0 Å². The van der Waals surface area contributed by atoms with Gasteiger partial charge in [0.1, 0.15) is 0 Å². The molecule has 0 atom stereocenters. The Hall–Kier alpha value is -1.37. The first-order valence-corrected chi connectivity index (χ1v) is 8.68. The number of halogens is 1. The van der Waals surface area contributed by atoms with Gasteiger partial charge in [-0.25, -0.2) is 13.1 Å². The van der Waals surface area contributed by atoms with E-state index < -0.39 is 10.0 Å². The zero-order chi connectivity index (χ0) is 15.6. The normalized spacial score (nSPS) is 11.6. The number of rotatable bonds is 4. The third kappa shape index (κ3) is 3.84. The lowest BCUT2D eigenvalue weighted by Crippen LogP contribution is -2.25. The van der Waals surface area contributed by atoms with Crippen LogP contribution in [-0.2, 0) is 16.6 Å². The maximum absolute atomic E-state index is 12.5. The van der Waals surface area contributed by atoms with E-state index in [4.69, 9.17) is 5.73 Å². The molecule has 0 bridgehead atoms. The van der Waals surface area contributed by atoms with Crippen LogP contribution in [0.4, 0.5) is 5.69 Å². The number of hydrogen-bond acceptors (Lipinski definition) is 3. The van der Waals surface area contributed by atoms with Crippen LogP contribution in [0.5, 0.6) is 0 Å². The summed E-state index contributed by atoms with van der Waals surface area (Å²) in [5.41, 5.74) is 8.48. The highest BCUT2D eigenvalue weighted by molar-refractivity contribution is 9.10. The SMILES string of the molecule is Cc1cc(N)cc(C)c1S(=O)(=O)NCc1cccc(Br)c1. The van der Waals surface area contributed by atoms with E-state index in [1.54, 1.807) is 26.0 Å². The van der Waals surface area contributed by atoms with Crippen molar-refractivity contribution in [3.8, 4) is 0 Å². The molecule has 0 aliphatic heterocycles. The van der Waals surface area contributed by atoms with Crippen molar-refractivity contribution in [2.75, 3.05) is 5.73 Å². The molecule has 0 saturated heterocycles. The van der Waals surface area contributed by atoms with Crippen LogP contribution >= 0.6 is 15.9 Å². The van der Waals surface area contributed by atoms with Crippen LogP contribution in [0.15, 0.2) is 45.8 Å². The Morgan fingerprint density at radius 1 is 1.14 bits per heavy atom. The number of sulfonamides is 1.